The van der Waals surface area contributed by atoms with Crippen LogP contribution in [0.2, 0.25) is 0 Å². The van der Waals surface area contributed by atoms with Crippen molar-refractivity contribution < 1.29 is 8.42 Å². The molecule has 1 aromatic carbocycles. The Labute approximate surface area is 128 Å². The van der Waals surface area contributed by atoms with Crippen molar-refractivity contribution in [3.8, 4) is 5.69 Å². The molecule has 0 fully saturated rings. The van der Waals surface area contributed by atoms with E-state index in [0.29, 0.717) is 18.7 Å². The standard InChI is InChI=1S/C14H14ClN3O2S/c1-2-12-8-17(10-16-12)13-3-4-14-11(7-13)5-6-18(14)21(19,20)9-15/h2-4,7-8,10H,1,5-6,9H2. The molecule has 0 radical (unpaired) electrons. The van der Waals surface area contributed by atoms with Crippen molar-refractivity contribution in [1.29, 1.82) is 0 Å². The molecule has 0 atom stereocenters. The number of alkyl halides is 1. The summed E-state index contributed by atoms with van der Waals surface area (Å²) >= 11 is 5.53. The first-order valence-electron chi connectivity index (χ1n) is 6.41. The van der Waals surface area contributed by atoms with Crippen LogP contribution in [0.5, 0.6) is 0 Å². The molecule has 1 aliphatic rings. The van der Waals surface area contributed by atoms with Crippen molar-refractivity contribution in [1.82, 2.24) is 9.55 Å². The number of hydrogen-bond donors (Lipinski definition) is 0. The minimum atomic E-state index is -3.42. The summed E-state index contributed by atoms with van der Waals surface area (Å²) in [5, 5.41) is -0.404. The molecule has 0 unspecified atom stereocenters. The van der Waals surface area contributed by atoms with Gasteiger partial charge in [-0.2, -0.15) is 0 Å². The highest BCUT2D eigenvalue weighted by molar-refractivity contribution is 7.93. The maximum Gasteiger partial charge on any atom is 0.249 e. The van der Waals surface area contributed by atoms with Crippen molar-refractivity contribution in [2.75, 3.05) is 16.1 Å². The minimum Gasteiger partial charge on any atom is -0.306 e. The van der Waals surface area contributed by atoms with Gasteiger partial charge in [-0.3, -0.25) is 4.31 Å². The van der Waals surface area contributed by atoms with Crippen LogP contribution in [0.3, 0.4) is 0 Å². The van der Waals surface area contributed by atoms with E-state index in [1.54, 1.807) is 12.4 Å². The molecule has 5 nitrogen and oxygen atoms in total. The Kier molecular flexibility index (Phi) is 3.51. The monoisotopic (exact) mass is 323 g/mol. The third-order valence-electron chi connectivity index (χ3n) is 3.50. The molecule has 0 aliphatic carbocycles. The average Bonchev–Trinajstić information content (AvgIpc) is 3.13. The highest BCUT2D eigenvalue weighted by atomic mass is 35.5. The highest BCUT2D eigenvalue weighted by Gasteiger charge is 2.28. The van der Waals surface area contributed by atoms with Gasteiger partial charge >= 0.3 is 0 Å². The fourth-order valence-corrected chi connectivity index (χ4v) is 3.77. The van der Waals surface area contributed by atoms with Gasteiger partial charge in [-0.25, -0.2) is 13.4 Å². The van der Waals surface area contributed by atoms with E-state index in [9.17, 15) is 8.42 Å². The van der Waals surface area contributed by atoms with Crippen molar-refractivity contribution >= 4 is 33.4 Å². The number of anilines is 1. The first kappa shape index (κ1) is 14.2. The first-order chi connectivity index (χ1) is 10.0. The second kappa shape index (κ2) is 5.20. The van der Waals surface area contributed by atoms with Crippen LogP contribution < -0.4 is 4.31 Å². The topological polar surface area (TPSA) is 55.2 Å². The van der Waals surface area contributed by atoms with Crippen LogP contribution in [0.15, 0.2) is 37.3 Å². The molecule has 2 heterocycles. The minimum absolute atomic E-state index is 0.404. The Morgan fingerprint density at radius 2 is 2.24 bits per heavy atom. The molecule has 0 saturated heterocycles. The molecule has 0 spiro atoms. The normalized spacial score (nSPS) is 14.2. The van der Waals surface area contributed by atoms with E-state index < -0.39 is 15.2 Å². The second-order valence-corrected chi connectivity index (χ2v) is 7.24. The lowest BCUT2D eigenvalue weighted by molar-refractivity contribution is 0.597. The predicted molar refractivity (Wildman–Crippen MR) is 84.3 cm³/mol. The van der Waals surface area contributed by atoms with Crippen molar-refractivity contribution in [3.05, 3.63) is 48.6 Å². The van der Waals surface area contributed by atoms with Gasteiger partial charge in [0.15, 0.2) is 0 Å². The van der Waals surface area contributed by atoms with Gasteiger partial charge in [-0.15, -0.1) is 11.6 Å². The summed E-state index contributed by atoms with van der Waals surface area (Å²) < 4.78 is 27.1. The Hall–Kier alpha value is -1.79. The van der Waals surface area contributed by atoms with Crippen molar-refractivity contribution in [3.63, 3.8) is 0 Å². The van der Waals surface area contributed by atoms with E-state index in [2.05, 4.69) is 11.6 Å². The number of halogens is 1. The van der Waals surface area contributed by atoms with Gasteiger partial charge in [0.25, 0.3) is 0 Å². The predicted octanol–water partition coefficient (Wildman–Crippen LogP) is 2.40. The van der Waals surface area contributed by atoms with Crippen molar-refractivity contribution in [2.45, 2.75) is 6.42 Å². The van der Waals surface area contributed by atoms with E-state index in [1.807, 2.05) is 29.0 Å². The number of fused-ring (bicyclic) bond motifs is 1. The van der Waals surface area contributed by atoms with Gasteiger partial charge in [-0.05, 0) is 36.3 Å². The van der Waals surface area contributed by atoms with E-state index in [4.69, 9.17) is 11.6 Å². The molecule has 3 rings (SSSR count). The number of hydrogen-bond acceptors (Lipinski definition) is 3. The molecule has 1 aromatic heterocycles. The van der Waals surface area contributed by atoms with Gasteiger partial charge < -0.3 is 4.57 Å². The fourth-order valence-electron chi connectivity index (χ4n) is 2.45. The summed E-state index contributed by atoms with van der Waals surface area (Å²) in [7, 11) is -3.42. The van der Waals surface area contributed by atoms with Crippen LogP contribution in [0.25, 0.3) is 11.8 Å². The summed E-state index contributed by atoms with van der Waals surface area (Å²) in [4.78, 5) is 4.19. The van der Waals surface area contributed by atoms with Gasteiger partial charge in [0.05, 0.1) is 17.7 Å². The van der Waals surface area contributed by atoms with Crippen LogP contribution in [-0.2, 0) is 16.4 Å². The molecule has 110 valence electrons. The zero-order valence-corrected chi connectivity index (χ0v) is 12.8. The quantitative estimate of drug-likeness (QED) is 0.812. The van der Waals surface area contributed by atoms with Crippen LogP contribution in [0, 0.1) is 0 Å². The average molecular weight is 324 g/mol. The summed E-state index contributed by atoms with van der Waals surface area (Å²) in [5.74, 6) is 0. The molecule has 2 aromatic rings. The number of imidazole rings is 1. The van der Waals surface area contributed by atoms with E-state index >= 15 is 0 Å². The van der Waals surface area contributed by atoms with Gasteiger partial charge in [0.2, 0.25) is 10.0 Å². The Balaban J connectivity index is 1.99. The molecule has 0 N–H and O–H groups in total. The van der Waals surface area contributed by atoms with E-state index in [1.165, 1.54) is 4.31 Å². The van der Waals surface area contributed by atoms with Gasteiger partial charge in [0.1, 0.15) is 5.21 Å². The summed E-state index contributed by atoms with van der Waals surface area (Å²) in [6.45, 7) is 4.12. The molecular weight excluding hydrogens is 310 g/mol. The zero-order valence-electron chi connectivity index (χ0n) is 11.2. The molecule has 1 aliphatic heterocycles. The molecule has 21 heavy (non-hydrogen) atoms. The van der Waals surface area contributed by atoms with Crippen LogP contribution in [0.1, 0.15) is 11.3 Å². The number of sulfonamides is 1. The zero-order chi connectivity index (χ0) is 15.0. The van der Waals surface area contributed by atoms with Crippen molar-refractivity contribution in [2.24, 2.45) is 0 Å². The smallest absolute Gasteiger partial charge is 0.249 e. The Bertz CT molecular complexity index is 798. The highest BCUT2D eigenvalue weighted by Crippen LogP contribution is 2.32. The maximum absolute atomic E-state index is 11.9. The van der Waals surface area contributed by atoms with Gasteiger partial charge in [0, 0.05) is 18.4 Å². The van der Waals surface area contributed by atoms with Crippen LogP contribution in [0.4, 0.5) is 5.69 Å². The number of aromatic nitrogens is 2. The maximum atomic E-state index is 11.9. The van der Waals surface area contributed by atoms with Gasteiger partial charge in [-0.1, -0.05) is 6.58 Å². The number of rotatable bonds is 4. The SMILES string of the molecule is C=Cc1cn(-c2ccc3c(c2)CCN3S(=O)(=O)CCl)cn1. The largest absolute Gasteiger partial charge is 0.306 e. The Morgan fingerprint density at radius 3 is 2.90 bits per heavy atom. The molecular formula is C14H14ClN3O2S. The summed E-state index contributed by atoms with van der Waals surface area (Å²) in [6.07, 6.45) is 5.94. The van der Waals surface area contributed by atoms with Crippen LogP contribution >= 0.6 is 11.6 Å². The molecule has 7 heteroatoms. The number of nitrogens with zero attached hydrogens (tertiary/aromatic N) is 3. The Morgan fingerprint density at radius 1 is 1.43 bits per heavy atom. The van der Waals surface area contributed by atoms with E-state index in [-0.39, 0.29) is 0 Å². The lowest BCUT2D eigenvalue weighted by Gasteiger charge is -2.17. The summed E-state index contributed by atoms with van der Waals surface area (Å²) in [5.41, 5.74) is 3.44. The fraction of sp³-hybridized carbons (Fsp3) is 0.214. The molecule has 0 bridgehead atoms. The number of benzene rings is 1. The second-order valence-electron chi connectivity index (χ2n) is 4.77. The molecule has 0 saturated carbocycles. The lowest BCUT2D eigenvalue weighted by atomic mass is 10.1. The third kappa shape index (κ3) is 2.45. The molecule has 0 amide bonds. The first-order valence-corrected chi connectivity index (χ1v) is 8.55. The van der Waals surface area contributed by atoms with E-state index in [0.717, 1.165) is 16.9 Å². The third-order valence-corrected chi connectivity index (χ3v) is 5.65. The summed E-state index contributed by atoms with van der Waals surface area (Å²) in [6, 6.07) is 5.67. The lowest BCUT2D eigenvalue weighted by Crippen LogP contribution is -2.29. The van der Waals surface area contributed by atoms with Crippen LogP contribution in [-0.4, -0.2) is 29.7 Å².